The van der Waals surface area contributed by atoms with E-state index in [1.165, 1.54) is 0 Å². The number of amides is 3. The topological polar surface area (TPSA) is 146 Å². The number of nitrogens with zero attached hydrogens (tertiary/aromatic N) is 2. The van der Waals surface area contributed by atoms with Crippen LogP contribution in [0.2, 0.25) is 0 Å². The number of fused-ring (bicyclic) bond motifs is 1. The molecule has 5 rings (SSSR count). The van der Waals surface area contributed by atoms with Crippen LogP contribution in [0.1, 0.15) is 23.1 Å². The molecule has 3 heterocycles. The Hall–Kier alpha value is -4.96. The van der Waals surface area contributed by atoms with Crippen molar-refractivity contribution in [1.82, 2.24) is 14.9 Å². The fourth-order valence-electron chi connectivity index (χ4n) is 4.48. The maximum atomic E-state index is 12.7. The molecule has 40 heavy (non-hydrogen) atoms. The first kappa shape index (κ1) is 28.1. The van der Waals surface area contributed by atoms with Gasteiger partial charge >= 0.3 is 0 Å². The van der Waals surface area contributed by atoms with E-state index >= 15 is 0 Å². The SMILES string of the molecule is COc1cccc(C2=C(c3cn(CCCO)c4ncccc34)C(=O)NC2=O)c1.COc1cccc(CC(N)=O)c1. The molecular formula is C30H30N4O6. The standard InChI is InChI=1S/C21H19N3O4.C9H11NO2/c1-28-14-6-2-5-13(11-14)17-18(21(27)23-20(17)26)16-12-24(9-4-10-25)19-15(16)7-3-8-22-19;1-12-8-4-2-3-7(5-8)6-9(10)11/h2-3,5-8,11-12,25H,4,9-10H2,1H3,(H,23,26,27);2-5H,6H2,1H3,(H2,10,11). The van der Waals surface area contributed by atoms with Crippen LogP contribution in [0.4, 0.5) is 0 Å². The van der Waals surface area contributed by atoms with E-state index in [0.29, 0.717) is 46.6 Å². The predicted octanol–water partition coefficient (Wildman–Crippen LogP) is 2.72. The highest BCUT2D eigenvalue weighted by atomic mass is 16.5. The first-order chi connectivity index (χ1) is 19.4. The maximum absolute atomic E-state index is 12.7. The molecule has 0 radical (unpaired) electrons. The van der Waals surface area contributed by atoms with Gasteiger partial charge in [0.05, 0.1) is 31.8 Å². The van der Waals surface area contributed by atoms with Gasteiger partial charge in [0.15, 0.2) is 0 Å². The van der Waals surface area contributed by atoms with Gasteiger partial charge in [0, 0.05) is 36.5 Å². The average molecular weight is 543 g/mol. The van der Waals surface area contributed by atoms with Crippen LogP contribution in [0.15, 0.2) is 73.1 Å². The number of benzene rings is 2. The molecule has 4 N–H and O–H groups in total. The van der Waals surface area contributed by atoms with E-state index in [2.05, 4.69) is 10.3 Å². The molecular weight excluding hydrogens is 512 g/mol. The van der Waals surface area contributed by atoms with Gasteiger partial charge in [-0.3, -0.25) is 19.7 Å². The number of ether oxygens (including phenoxy) is 2. The van der Waals surface area contributed by atoms with Crippen molar-refractivity contribution in [2.45, 2.75) is 19.4 Å². The summed E-state index contributed by atoms with van der Waals surface area (Å²) in [6.07, 6.45) is 4.32. The van der Waals surface area contributed by atoms with Crippen molar-refractivity contribution in [3.63, 3.8) is 0 Å². The third kappa shape index (κ3) is 6.19. The Morgan fingerprint density at radius 3 is 2.38 bits per heavy atom. The number of aromatic nitrogens is 2. The molecule has 0 saturated carbocycles. The van der Waals surface area contributed by atoms with E-state index in [1.54, 1.807) is 56.8 Å². The third-order valence-electron chi connectivity index (χ3n) is 6.26. The molecule has 10 nitrogen and oxygen atoms in total. The van der Waals surface area contributed by atoms with Crippen LogP contribution < -0.4 is 20.5 Å². The van der Waals surface area contributed by atoms with Crippen molar-refractivity contribution in [2.24, 2.45) is 5.73 Å². The number of hydrogen-bond donors (Lipinski definition) is 3. The lowest BCUT2D eigenvalue weighted by Crippen LogP contribution is -2.22. The Balaban J connectivity index is 0.000000259. The summed E-state index contributed by atoms with van der Waals surface area (Å²) in [7, 11) is 3.14. The number of aliphatic hydroxyl groups excluding tert-OH is 1. The number of aryl methyl sites for hydroxylation is 1. The fraction of sp³-hybridized carbons (Fsp3) is 0.200. The van der Waals surface area contributed by atoms with Crippen LogP contribution in [-0.2, 0) is 27.3 Å². The Kier molecular flexibility index (Phi) is 8.93. The van der Waals surface area contributed by atoms with Crippen LogP contribution in [0.3, 0.4) is 0 Å². The number of nitrogens with one attached hydrogen (secondary N) is 1. The predicted molar refractivity (Wildman–Crippen MR) is 150 cm³/mol. The van der Waals surface area contributed by atoms with Gasteiger partial charge in [0.25, 0.3) is 11.8 Å². The highest BCUT2D eigenvalue weighted by molar-refractivity contribution is 6.50. The van der Waals surface area contributed by atoms with Gasteiger partial charge in [-0.15, -0.1) is 0 Å². The van der Waals surface area contributed by atoms with E-state index in [9.17, 15) is 19.5 Å². The van der Waals surface area contributed by atoms with Crippen molar-refractivity contribution in [3.8, 4) is 11.5 Å². The Bertz CT molecular complexity index is 1590. The zero-order valence-corrected chi connectivity index (χ0v) is 22.2. The first-order valence-electron chi connectivity index (χ1n) is 12.6. The number of nitrogens with two attached hydrogens (primary N) is 1. The molecule has 0 bridgehead atoms. The third-order valence-corrected chi connectivity index (χ3v) is 6.26. The van der Waals surface area contributed by atoms with E-state index in [-0.39, 0.29) is 18.9 Å². The summed E-state index contributed by atoms with van der Waals surface area (Å²) < 4.78 is 12.1. The quantitative estimate of drug-likeness (QED) is 0.276. The molecule has 2 aromatic heterocycles. The summed E-state index contributed by atoms with van der Waals surface area (Å²) in [6.45, 7) is 0.611. The number of hydrogen-bond acceptors (Lipinski definition) is 7. The zero-order valence-electron chi connectivity index (χ0n) is 22.2. The van der Waals surface area contributed by atoms with Crippen LogP contribution in [-0.4, -0.2) is 53.2 Å². The number of carbonyl (C=O) groups excluding carboxylic acids is 3. The van der Waals surface area contributed by atoms with Gasteiger partial charge in [0.2, 0.25) is 5.91 Å². The van der Waals surface area contributed by atoms with Gasteiger partial charge in [0.1, 0.15) is 17.1 Å². The average Bonchev–Trinajstić information content (AvgIpc) is 3.47. The number of imide groups is 1. The van der Waals surface area contributed by atoms with E-state index in [1.807, 2.05) is 35.0 Å². The molecule has 1 aliphatic rings. The van der Waals surface area contributed by atoms with E-state index < -0.39 is 11.8 Å². The van der Waals surface area contributed by atoms with Gasteiger partial charge in [-0.05, 0) is 53.9 Å². The minimum absolute atomic E-state index is 0.0541. The Morgan fingerprint density at radius 1 is 0.975 bits per heavy atom. The summed E-state index contributed by atoms with van der Waals surface area (Å²) in [5.41, 5.74) is 8.50. The van der Waals surface area contributed by atoms with Gasteiger partial charge in [-0.25, -0.2) is 4.98 Å². The Labute approximate surface area is 231 Å². The summed E-state index contributed by atoms with van der Waals surface area (Å²) in [4.78, 5) is 40.3. The molecule has 206 valence electrons. The van der Waals surface area contributed by atoms with Crippen LogP contribution in [0.25, 0.3) is 22.2 Å². The smallest absolute Gasteiger partial charge is 0.259 e. The highest BCUT2D eigenvalue weighted by Gasteiger charge is 2.34. The van der Waals surface area contributed by atoms with Gasteiger partial charge in [-0.1, -0.05) is 24.3 Å². The molecule has 0 saturated heterocycles. The first-order valence-corrected chi connectivity index (χ1v) is 12.6. The molecule has 0 atom stereocenters. The minimum Gasteiger partial charge on any atom is -0.497 e. The Morgan fingerprint density at radius 2 is 1.68 bits per heavy atom. The summed E-state index contributed by atoms with van der Waals surface area (Å²) in [6, 6.07) is 18.0. The second-order valence-corrected chi connectivity index (χ2v) is 8.95. The molecule has 4 aromatic rings. The summed E-state index contributed by atoms with van der Waals surface area (Å²) in [5, 5.41) is 12.4. The molecule has 0 fully saturated rings. The molecule has 10 heteroatoms. The van der Waals surface area contributed by atoms with Crippen molar-refractivity contribution in [2.75, 3.05) is 20.8 Å². The summed E-state index contributed by atoms with van der Waals surface area (Å²) >= 11 is 0. The molecule has 2 aromatic carbocycles. The van der Waals surface area contributed by atoms with Gasteiger partial charge < -0.3 is 24.9 Å². The van der Waals surface area contributed by atoms with Crippen molar-refractivity contribution < 1.29 is 29.0 Å². The van der Waals surface area contributed by atoms with Crippen molar-refractivity contribution in [3.05, 3.63) is 89.7 Å². The lowest BCUT2D eigenvalue weighted by molar-refractivity contribution is -0.123. The van der Waals surface area contributed by atoms with Crippen molar-refractivity contribution >= 4 is 39.9 Å². The molecule has 0 spiro atoms. The van der Waals surface area contributed by atoms with E-state index in [0.717, 1.165) is 16.7 Å². The maximum Gasteiger partial charge on any atom is 0.259 e. The zero-order chi connectivity index (χ0) is 28.6. The molecule has 0 aliphatic carbocycles. The van der Waals surface area contributed by atoms with Gasteiger partial charge in [-0.2, -0.15) is 0 Å². The second-order valence-electron chi connectivity index (χ2n) is 8.95. The molecule has 3 amide bonds. The lowest BCUT2D eigenvalue weighted by Gasteiger charge is -2.06. The van der Waals surface area contributed by atoms with Crippen LogP contribution in [0, 0.1) is 0 Å². The largest absolute Gasteiger partial charge is 0.497 e. The second kappa shape index (κ2) is 12.7. The number of methoxy groups -OCH3 is 2. The van der Waals surface area contributed by atoms with Crippen LogP contribution >= 0.6 is 0 Å². The highest BCUT2D eigenvalue weighted by Crippen LogP contribution is 2.36. The monoisotopic (exact) mass is 542 g/mol. The summed E-state index contributed by atoms with van der Waals surface area (Å²) in [5.74, 6) is 0.141. The minimum atomic E-state index is -0.437. The van der Waals surface area contributed by atoms with E-state index in [4.69, 9.17) is 15.2 Å². The normalized spacial score (nSPS) is 12.7. The number of rotatable bonds is 9. The molecule has 1 aliphatic heterocycles. The van der Waals surface area contributed by atoms with Crippen molar-refractivity contribution in [1.29, 1.82) is 0 Å². The molecule has 0 unspecified atom stereocenters. The lowest BCUT2D eigenvalue weighted by atomic mass is 9.96. The fourth-order valence-corrected chi connectivity index (χ4v) is 4.48. The number of carbonyl (C=O) groups is 3. The number of primary amides is 1. The number of aliphatic hydroxyl groups is 1. The number of pyridine rings is 1. The van der Waals surface area contributed by atoms with Crippen LogP contribution in [0.5, 0.6) is 11.5 Å².